The van der Waals surface area contributed by atoms with Crippen molar-refractivity contribution in [2.24, 2.45) is 9.98 Å². The summed E-state index contributed by atoms with van der Waals surface area (Å²) < 4.78 is 0. The van der Waals surface area contributed by atoms with Crippen molar-refractivity contribution in [1.82, 2.24) is 5.32 Å². The molecule has 0 aromatic heterocycles. The van der Waals surface area contributed by atoms with E-state index in [1.807, 2.05) is 24.3 Å². The lowest BCUT2D eigenvalue weighted by Crippen LogP contribution is -2.33. The fourth-order valence-electron chi connectivity index (χ4n) is 8.45. The first-order valence-corrected chi connectivity index (χ1v) is 19.0. The molecule has 8 aromatic rings. The molecule has 0 saturated heterocycles. The van der Waals surface area contributed by atoms with Gasteiger partial charge in [0.25, 0.3) is 0 Å². The van der Waals surface area contributed by atoms with E-state index >= 15 is 0 Å². The van der Waals surface area contributed by atoms with E-state index in [4.69, 9.17) is 9.98 Å². The molecular weight excluding hydrogens is 667 g/mol. The predicted octanol–water partition coefficient (Wildman–Crippen LogP) is 12.6. The second-order valence-electron chi connectivity index (χ2n) is 15.0. The first-order valence-electron chi connectivity index (χ1n) is 19.0. The van der Waals surface area contributed by atoms with Gasteiger partial charge in [-0.15, -0.1) is 0 Å². The first kappa shape index (κ1) is 32.8. The van der Waals surface area contributed by atoms with Gasteiger partial charge in [-0.1, -0.05) is 184 Å². The highest BCUT2D eigenvalue weighted by atomic mass is 15.2. The number of fused-ring (bicyclic) bond motifs is 4. The van der Waals surface area contributed by atoms with Crippen LogP contribution in [0.25, 0.3) is 55.3 Å². The molecule has 262 valence electrons. The van der Waals surface area contributed by atoms with Crippen LogP contribution in [0.2, 0.25) is 0 Å². The van der Waals surface area contributed by atoms with Crippen molar-refractivity contribution in [3.05, 3.63) is 216 Å². The largest absolute Gasteiger partial charge is 0.344 e. The van der Waals surface area contributed by atoms with Gasteiger partial charge < -0.3 is 5.32 Å². The number of hydrogen-bond donors (Lipinski definition) is 1. The Kier molecular flexibility index (Phi) is 7.88. The van der Waals surface area contributed by atoms with E-state index in [2.05, 4.69) is 183 Å². The van der Waals surface area contributed by atoms with Crippen LogP contribution < -0.4 is 5.32 Å². The number of rotatable bonds is 6. The summed E-state index contributed by atoms with van der Waals surface area (Å²) in [6.45, 7) is 4.76. The van der Waals surface area contributed by atoms with Gasteiger partial charge in [-0.3, -0.25) is 0 Å². The average Bonchev–Trinajstić information content (AvgIpc) is 3.48. The summed E-state index contributed by atoms with van der Waals surface area (Å²) in [7, 11) is 0. The lowest BCUT2D eigenvalue weighted by molar-refractivity contribution is 0.661. The van der Waals surface area contributed by atoms with Gasteiger partial charge in [0, 0.05) is 16.5 Å². The normalized spacial score (nSPS) is 15.4. The van der Waals surface area contributed by atoms with Gasteiger partial charge in [0.15, 0.2) is 5.84 Å². The second kappa shape index (κ2) is 13.2. The van der Waals surface area contributed by atoms with E-state index < -0.39 is 0 Å². The third-order valence-electron chi connectivity index (χ3n) is 11.3. The Hall–Kier alpha value is -6.84. The zero-order valence-electron chi connectivity index (χ0n) is 30.9. The number of amidine groups is 2. The molecular formula is C52H39N3. The number of aliphatic imine (C=N–C) groups is 2. The monoisotopic (exact) mass is 705 g/mol. The van der Waals surface area contributed by atoms with Gasteiger partial charge in [-0.25, -0.2) is 9.98 Å². The van der Waals surface area contributed by atoms with Crippen molar-refractivity contribution in [1.29, 1.82) is 0 Å². The summed E-state index contributed by atoms with van der Waals surface area (Å²) in [4.78, 5) is 10.2. The van der Waals surface area contributed by atoms with E-state index in [0.717, 1.165) is 28.4 Å². The maximum atomic E-state index is 5.14. The van der Waals surface area contributed by atoms with Crippen LogP contribution in [0.3, 0.4) is 0 Å². The zero-order chi connectivity index (χ0) is 36.9. The maximum Gasteiger partial charge on any atom is 0.159 e. The third-order valence-corrected chi connectivity index (χ3v) is 11.3. The molecule has 1 N–H and O–H groups in total. The minimum absolute atomic E-state index is 0.194. The average molecular weight is 706 g/mol. The standard InChI is InChI=1S/C52H39N3/c1-52(2)45-32-39(36-27-25-35(26-28-36)34-15-6-3-7-16-34)29-30-44(45)48-46(52)33-40-21-12-13-24-43(40)47(48)41-22-14-23-42(31-41)51-54-49(37-17-8-4-9-18-37)53-50(55-51)38-19-10-5-11-20-38/h3-33,49H,1-2H3,(H,53,54,55). The topological polar surface area (TPSA) is 36.8 Å². The lowest BCUT2D eigenvalue weighted by atomic mass is 9.80. The van der Waals surface area contributed by atoms with Crippen LogP contribution >= 0.6 is 0 Å². The highest BCUT2D eigenvalue weighted by molar-refractivity contribution is 6.14. The van der Waals surface area contributed by atoms with E-state index in [-0.39, 0.29) is 11.6 Å². The zero-order valence-corrected chi connectivity index (χ0v) is 30.9. The molecule has 55 heavy (non-hydrogen) atoms. The van der Waals surface area contributed by atoms with Crippen molar-refractivity contribution in [3.63, 3.8) is 0 Å². The fourth-order valence-corrected chi connectivity index (χ4v) is 8.45. The number of nitrogens with zero attached hydrogens (tertiary/aromatic N) is 2. The Morgan fingerprint density at radius 1 is 0.455 bits per heavy atom. The van der Waals surface area contributed by atoms with Gasteiger partial charge in [-0.2, -0.15) is 0 Å². The van der Waals surface area contributed by atoms with Crippen LogP contribution in [0.15, 0.2) is 198 Å². The van der Waals surface area contributed by atoms with Crippen LogP contribution in [0.4, 0.5) is 0 Å². The van der Waals surface area contributed by atoms with Gasteiger partial charge >= 0.3 is 0 Å². The molecule has 1 heterocycles. The van der Waals surface area contributed by atoms with Crippen LogP contribution in [0.1, 0.15) is 47.8 Å². The quantitative estimate of drug-likeness (QED) is 0.184. The van der Waals surface area contributed by atoms with Gasteiger partial charge in [-0.05, 0) is 90.2 Å². The minimum atomic E-state index is -0.259. The van der Waals surface area contributed by atoms with Crippen LogP contribution in [0, 0.1) is 0 Å². The molecule has 2 aliphatic rings. The van der Waals surface area contributed by atoms with Crippen molar-refractivity contribution >= 4 is 22.4 Å². The fraction of sp³-hybridized carbons (Fsp3) is 0.0769. The third kappa shape index (κ3) is 5.77. The Morgan fingerprint density at radius 3 is 1.78 bits per heavy atom. The molecule has 1 aliphatic carbocycles. The van der Waals surface area contributed by atoms with Crippen molar-refractivity contribution in [2.75, 3.05) is 0 Å². The van der Waals surface area contributed by atoms with Crippen molar-refractivity contribution in [2.45, 2.75) is 25.4 Å². The van der Waals surface area contributed by atoms with Crippen LogP contribution in [-0.4, -0.2) is 11.7 Å². The Bertz CT molecular complexity index is 2780. The number of nitrogens with one attached hydrogen (secondary N) is 1. The molecule has 10 rings (SSSR count). The molecule has 3 heteroatoms. The molecule has 1 atom stereocenters. The van der Waals surface area contributed by atoms with E-state index in [0.29, 0.717) is 0 Å². The Balaban J connectivity index is 1.09. The minimum Gasteiger partial charge on any atom is -0.344 e. The van der Waals surface area contributed by atoms with E-state index in [1.54, 1.807) is 0 Å². The highest BCUT2D eigenvalue weighted by Crippen LogP contribution is 2.55. The van der Waals surface area contributed by atoms with Crippen LogP contribution in [0.5, 0.6) is 0 Å². The molecule has 0 fully saturated rings. The Morgan fingerprint density at radius 2 is 1.04 bits per heavy atom. The van der Waals surface area contributed by atoms with Gasteiger partial charge in [0.1, 0.15) is 12.0 Å². The van der Waals surface area contributed by atoms with E-state index in [1.165, 1.54) is 66.4 Å². The van der Waals surface area contributed by atoms with E-state index in [9.17, 15) is 0 Å². The van der Waals surface area contributed by atoms with Crippen molar-refractivity contribution < 1.29 is 0 Å². The summed E-state index contributed by atoms with van der Waals surface area (Å²) in [5.41, 5.74) is 15.6. The smallest absolute Gasteiger partial charge is 0.159 e. The van der Waals surface area contributed by atoms with Gasteiger partial charge in [0.05, 0.1) is 0 Å². The summed E-state index contributed by atoms with van der Waals surface area (Å²) >= 11 is 0. The molecule has 0 amide bonds. The Labute approximate surface area is 322 Å². The summed E-state index contributed by atoms with van der Waals surface area (Å²) in [6.07, 6.45) is -0.259. The highest BCUT2D eigenvalue weighted by Gasteiger charge is 2.38. The number of benzene rings is 8. The van der Waals surface area contributed by atoms with Gasteiger partial charge in [0.2, 0.25) is 0 Å². The molecule has 0 saturated carbocycles. The molecule has 0 radical (unpaired) electrons. The van der Waals surface area contributed by atoms with Crippen LogP contribution in [-0.2, 0) is 5.41 Å². The molecule has 8 aromatic carbocycles. The SMILES string of the molecule is CC1(C)c2cc(-c3ccc(-c4ccccc4)cc3)ccc2-c2c1cc1ccccc1c2-c1cccc(C2=NC(c3ccccc3)=NC(c3ccccc3)N2)c1. The summed E-state index contributed by atoms with van der Waals surface area (Å²) in [6, 6.07) is 67.4. The van der Waals surface area contributed by atoms with Crippen molar-refractivity contribution in [3.8, 4) is 44.5 Å². The predicted molar refractivity (Wildman–Crippen MR) is 230 cm³/mol. The molecule has 1 unspecified atom stereocenters. The number of hydrogen-bond acceptors (Lipinski definition) is 3. The second-order valence-corrected chi connectivity index (χ2v) is 15.0. The maximum absolute atomic E-state index is 5.14. The lowest BCUT2D eigenvalue weighted by Gasteiger charge is -2.24. The molecule has 3 nitrogen and oxygen atoms in total. The summed E-state index contributed by atoms with van der Waals surface area (Å²) in [5, 5.41) is 6.17. The first-order chi connectivity index (χ1) is 27.0. The molecule has 0 spiro atoms. The molecule has 1 aliphatic heterocycles. The molecule has 0 bridgehead atoms. The summed E-state index contributed by atoms with van der Waals surface area (Å²) in [5.74, 6) is 1.53.